The molecule has 9 heteroatoms. The Kier molecular flexibility index (Phi) is 6.61. The fraction of sp³-hybridized carbons (Fsp3) is 0.350. The highest BCUT2D eigenvalue weighted by atomic mass is 32.2. The van der Waals surface area contributed by atoms with Crippen LogP contribution in [0.2, 0.25) is 0 Å². The van der Waals surface area contributed by atoms with Crippen molar-refractivity contribution in [1.82, 2.24) is 9.62 Å². The molecule has 0 aliphatic carbocycles. The first-order chi connectivity index (χ1) is 13.8. The first-order valence-electron chi connectivity index (χ1n) is 9.20. The first kappa shape index (κ1) is 21.4. The maximum absolute atomic E-state index is 13.7. The second-order valence-corrected chi connectivity index (χ2v) is 8.64. The Morgan fingerprint density at radius 1 is 1.14 bits per heavy atom. The lowest BCUT2D eigenvalue weighted by molar-refractivity contribution is 0.0730. The molecule has 0 aromatic heterocycles. The fourth-order valence-corrected chi connectivity index (χ4v) is 4.54. The van der Waals surface area contributed by atoms with Gasteiger partial charge in [0.1, 0.15) is 11.6 Å². The maximum Gasteiger partial charge on any atom is 0.251 e. The number of ether oxygens (including phenoxy) is 1. The Labute approximate surface area is 168 Å². The Balaban J connectivity index is 1.73. The van der Waals surface area contributed by atoms with Crippen molar-refractivity contribution in [3.05, 3.63) is 64.7 Å². The van der Waals surface area contributed by atoms with E-state index in [4.69, 9.17) is 4.74 Å². The molecule has 1 amide bonds. The van der Waals surface area contributed by atoms with Crippen molar-refractivity contribution in [2.75, 3.05) is 32.8 Å². The zero-order chi connectivity index (χ0) is 21.0. The van der Waals surface area contributed by atoms with Gasteiger partial charge in [0.2, 0.25) is 10.0 Å². The van der Waals surface area contributed by atoms with Crippen LogP contribution in [-0.2, 0) is 21.2 Å². The topological polar surface area (TPSA) is 75.7 Å². The third-order valence-electron chi connectivity index (χ3n) is 4.78. The first-order valence-corrected chi connectivity index (χ1v) is 10.6. The van der Waals surface area contributed by atoms with Crippen molar-refractivity contribution in [1.29, 1.82) is 0 Å². The summed E-state index contributed by atoms with van der Waals surface area (Å²) in [5.41, 5.74) is 0.696. The molecule has 156 valence electrons. The van der Waals surface area contributed by atoms with Crippen LogP contribution in [0.1, 0.15) is 21.5 Å². The summed E-state index contributed by atoms with van der Waals surface area (Å²) in [7, 11) is -3.74. The van der Waals surface area contributed by atoms with Gasteiger partial charge in [0.25, 0.3) is 5.91 Å². The third kappa shape index (κ3) is 4.80. The maximum atomic E-state index is 13.7. The molecule has 0 spiro atoms. The van der Waals surface area contributed by atoms with Crippen LogP contribution >= 0.6 is 0 Å². The molecule has 0 saturated carbocycles. The molecule has 1 aliphatic heterocycles. The average molecular weight is 424 g/mol. The van der Waals surface area contributed by atoms with E-state index >= 15 is 0 Å². The van der Waals surface area contributed by atoms with Gasteiger partial charge in [-0.2, -0.15) is 4.31 Å². The van der Waals surface area contributed by atoms with Gasteiger partial charge in [0, 0.05) is 30.8 Å². The molecular weight excluding hydrogens is 402 g/mol. The van der Waals surface area contributed by atoms with E-state index in [1.807, 2.05) is 0 Å². The molecule has 6 nitrogen and oxygen atoms in total. The Morgan fingerprint density at radius 2 is 1.79 bits per heavy atom. The number of nitrogens with zero attached hydrogens (tertiary/aromatic N) is 1. The number of halogens is 2. The van der Waals surface area contributed by atoms with E-state index in [0.717, 1.165) is 12.1 Å². The van der Waals surface area contributed by atoms with Gasteiger partial charge < -0.3 is 10.1 Å². The van der Waals surface area contributed by atoms with Crippen molar-refractivity contribution in [3.8, 4) is 0 Å². The van der Waals surface area contributed by atoms with E-state index in [0.29, 0.717) is 18.8 Å². The number of sulfonamides is 1. The van der Waals surface area contributed by atoms with Crippen LogP contribution in [0.15, 0.2) is 41.3 Å². The summed E-state index contributed by atoms with van der Waals surface area (Å²) >= 11 is 0. The van der Waals surface area contributed by atoms with E-state index in [2.05, 4.69) is 5.32 Å². The number of hydrogen-bond donors (Lipinski definition) is 1. The van der Waals surface area contributed by atoms with E-state index in [1.165, 1.54) is 22.5 Å². The summed E-state index contributed by atoms with van der Waals surface area (Å²) in [5, 5.41) is 2.60. The van der Waals surface area contributed by atoms with Crippen molar-refractivity contribution in [3.63, 3.8) is 0 Å². The van der Waals surface area contributed by atoms with E-state index in [1.54, 1.807) is 13.0 Å². The standard InChI is InChI=1S/C20H22F2N2O4S/c1-14-5-6-15(29(26,27)24-9-11-28-12-10-24)13-17(14)20(25)23-8-7-16-18(21)3-2-4-19(16)22/h2-6,13H,7-12H2,1H3,(H,23,25). The zero-order valence-electron chi connectivity index (χ0n) is 16.0. The highest BCUT2D eigenvalue weighted by Crippen LogP contribution is 2.21. The molecule has 1 saturated heterocycles. The smallest absolute Gasteiger partial charge is 0.251 e. The number of amides is 1. The minimum absolute atomic E-state index is 0.0105. The second-order valence-electron chi connectivity index (χ2n) is 6.70. The number of carbonyl (C=O) groups is 1. The Morgan fingerprint density at radius 3 is 2.45 bits per heavy atom. The summed E-state index contributed by atoms with van der Waals surface area (Å²) < 4.78 is 59.5. The SMILES string of the molecule is Cc1ccc(S(=O)(=O)N2CCOCC2)cc1C(=O)NCCc1c(F)cccc1F. The molecule has 2 aromatic rings. The summed E-state index contributed by atoms with van der Waals surface area (Å²) in [6.07, 6.45) is -0.0188. The number of benzene rings is 2. The van der Waals surface area contributed by atoms with Gasteiger partial charge in [-0.15, -0.1) is 0 Å². The Bertz CT molecular complexity index is 985. The minimum Gasteiger partial charge on any atom is -0.379 e. The van der Waals surface area contributed by atoms with Gasteiger partial charge in [-0.05, 0) is 43.2 Å². The van der Waals surface area contributed by atoms with E-state index < -0.39 is 27.6 Å². The zero-order valence-corrected chi connectivity index (χ0v) is 16.8. The lowest BCUT2D eigenvalue weighted by Gasteiger charge is -2.26. The number of hydrogen-bond acceptors (Lipinski definition) is 4. The Hall–Kier alpha value is -2.36. The molecule has 0 unspecified atom stereocenters. The molecule has 1 N–H and O–H groups in total. The lowest BCUT2D eigenvalue weighted by atomic mass is 10.1. The predicted molar refractivity (Wildman–Crippen MR) is 103 cm³/mol. The van der Waals surface area contributed by atoms with Crippen LogP contribution in [0.25, 0.3) is 0 Å². The van der Waals surface area contributed by atoms with Gasteiger partial charge >= 0.3 is 0 Å². The molecule has 29 heavy (non-hydrogen) atoms. The molecule has 0 bridgehead atoms. The van der Waals surface area contributed by atoms with Crippen molar-refractivity contribution in [2.24, 2.45) is 0 Å². The van der Waals surface area contributed by atoms with Crippen LogP contribution in [0.4, 0.5) is 8.78 Å². The van der Waals surface area contributed by atoms with Crippen molar-refractivity contribution in [2.45, 2.75) is 18.2 Å². The lowest BCUT2D eigenvalue weighted by Crippen LogP contribution is -2.40. The molecule has 1 aliphatic rings. The van der Waals surface area contributed by atoms with E-state index in [-0.39, 0.29) is 42.1 Å². The summed E-state index contributed by atoms with van der Waals surface area (Å²) in [5.74, 6) is -1.85. The minimum atomic E-state index is -3.74. The van der Waals surface area contributed by atoms with Crippen LogP contribution in [-0.4, -0.2) is 51.5 Å². The van der Waals surface area contributed by atoms with E-state index in [9.17, 15) is 22.0 Å². The third-order valence-corrected chi connectivity index (χ3v) is 6.68. The number of morpholine rings is 1. The molecular formula is C20H22F2N2O4S. The number of carbonyl (C=O) groups excluding carboxylic acids is 1. The van der Waals surface area contributed by atoms with Crippen molar-refractivity contribution >= 4 is 15.9 Å². The highest BCUT2D eigenvalue weighted by Gasteiger charge is 2.27. The molecule has 0 atom stereocenters. The van der Waals surface area contributed by atoms with Gasteiger partial charge in [-0.25, -0.2) is 17.2 Å². The normalized spacial score (nSPS) is 15.3. The summed E-state index contributed by atoms with van der Waals surface area (Å²) in [4.78, 5) is 12.6. The summed E-state index contributed by atoms with van der Waals surface area (Å²) in [6, 6.07) is 7.95. The molecule has 1 heterocycles. The number of aryl methyl sites for hydroxylation is 1. The molecule has 3 rings (SSSR count). The van der Waals surface area contributed by atoms with Gasteiger partial charge in [-0.3, -0.25) is 4.79 Å². The van der Waals surface area contributed by atoms with Crippen LogP contribution in [0.3, 0.4) is 0 Å². The van der Waals surface area contributed by atoms with Crippen LogP contribution in [0, 0.1) is 18.6 Å². The molecule has 0 radical (unpaired) electrons. The molecule has 2 aromatic carbocycles. The highest BCUT2D eigenvalue weighted by molar-refractivity contribution is 7.89. The largest absolute Gasteiger partial charge is 0.379 e. The number of rotatable bonds is 6. The fourth-order valence-electron chi connectivity index (χ4n) is 3.11. The quantitative estimate of drug-likeness (QED) is 0.772. The van der Waals surface area contributed by atoms with Gasteiger partial charge in [-0.1, -0.05) is 12.1 Å². The second kappa shape index (κ2) is 8.98. The summed E-state index contributed by atoms with van der Waals surface area (Å²) in [6.45, 7) is 2.86. The van der Waals surface area contributed by atoms with Crippen LogP contribution < -0.4 is 5.32 Å². The average Bonchev–Trinajstić information content (AvgIpc) is 2.71. The van der Waals surface area contributed by atoms with Gasteiger partial charge in [0.15, 0.2) is 0 Å². The monoisotopic (exact) mass is 424 g/mol. The molecule has 1 fully saturated rings. The van der Waals surface area contributed by atoms with Crippen molar-refractivity contribution < 1.29 is 26.7 Å². The predicted octanol–water partition coefficient (Wildman–Crippen LogP) is 2.27. The van der Waals surface area contributed by atoms with Crippen LogP contribution in [0.5, 0.6) is 0 Å². The number of nitrogens with one attached hydrogen (secondary N) is 1. The van der Waals surface area contributed by atoms with Gasteiger partial charge in [0.05, 0.1) is 18.1 Å².